The van der Waals surface area contributed by atoms with Crippen LogP contribution in [0.3, 0.4) is 0 Å². The minimum absolute atomic E-state index is 0.0437. The molecule has 0 aromatic carbocycles. The van der Waals surface area contributed by atoms with E-state index in [9.17, 15) is 4.79 Å². The number of hydrogen-bond acceptors (Lipinski definition) is 4. The van der Waals surface area contributed by atoms with Crippen LogP contribution in [-0.4, -0.2) is 67.7 Å². The lowest BCUT2D eigenvalue weighted by Gasteiger charge is -2.28. The number of carbonyl (C=O) groups is 1. The van der Waals surface area contributed by atoms with Crippen molar-refractivity contribution >= 4 is 5.91 Å². The summed E-state index contributed by atoms with van der Waals surface area (Å²) in [6.45, 7) is 6.07. The number of nitrogens with two attached hydrogens (primary N) is 1. The Labute approximate surface area is 90.1 Å². The van der Waals surface area contributed by atoms with Crippen molar-refractivity contribution < 1.29 is 9.53 Å². The SMILES string of the molecule is NC1CC(=O)N(CCN2CCOCC2)C1. The smallest absolute Gasteiger partial charge is 0.224 e. The van der Waals surface area contributed by atoms with E-state index in [1.54, 1.807) is 0 Å². The van der Waals surface area contributed by atoms with E-state index >= 15 is 0 Å². The Morgan fingerprint density at radius 3 is 2.67 bits per heavy atom. The van der Waals surface area contributed by atoms with Gasteiger partial charge in [-0.25, -0.2) is 0 Å². The topological polar surface area (TPSA) is 58.8 Å². The van der Waals surface area contributed by atoms with E-state index in [2.05, 4.69) is 4.90 Å². The van der Waals surface area contributed by atoms with Crippen molar-refractivity contribution in [3.8, 4) is 0 Å². The van der Waals surface area contributed by atoms with Crippen molar-refractivity contribution in [2.75, 3.05) is 45.9 Å². The Morgan fingerprint density at radius 1 is 1.33 bits per heavy atom. The maximum absolute atomic E-state index is 11.5. The molecule has 1 unspecified atom stereocenters. The third kappa shape index (κ3) is 2.90. The molecule has 0 aliphatic carbocycles. The van der Waals surface area contributed by atoms with E-state index in [-0.39, 0.29) is 11.9 Å². The molecule has 2 saturated heterocycles. The van der Waals surface area contributed by atoms with E-state index in [1.807, 2.05) is 4.90 Å². The van der Waals surface area contributed by atoms with Crippen LogP contribution < -0.4 is 5.73 Å². The lowest BCUT2D eigenvalue weighted by Crippen LogP contribution is -2.42. The summed E-state index contributed by atoms with van der Waals surface area (Å²) in [5.41, 5.74) is 5.73. The molecule has 2 rings (SSSR count). The summed E-state index contributed by atoms with van der Waals surface area (Å²) in [7, 11) is 0. The highest BCUT2D eigenvalue weighted by atomic mass is 16.5. The van der Waals surface area contributed by atoms with Gasteiger partial charge in [0.1, 0.15) is 0 Å². The summed E-state index contributed by atoms with van der Waals surface area (Å²) < 4.78 is 5.27. The van der Waals surface area contributed by atoms with E-state index < -0.39 is 0 Å². The fourth-order valence-electron chi connectivity index (χ4n) is 2.11. The molecule has 0 aromatic heterocycles. The maximum atomic E-state index is 11.5. The summed E-state index contributed by atoms with van der Waals surface area (Å²) in [6.07, 6.45) is 0.517. The first-order valence-corrected chi connectivity index (χ1v) is 5.59. The number of rotatable bonds is 3. The molecule has 0 bridgehead atoms. The van der Waals surface area contributed by atoms with Gasteiger partial charge < -0.3 is 15.4 Å². The summed E-state index contributed by atoms with van der Waals surface area (Å²) >= 11 is 0. The predicted octanol–water partition coefficient (Wildman–Crippen LogP) is -1.12. The largest absolute Gasteiger partial charge is 0.379 e. The van der Waals surface area contributed by atoms with Crippen LogP contribution in [0.2, 0.25) is 0 Å². The van der Waals surface area contributed by atoms with Crippen molar-refractivity contribution in [1.29, 1.82) is 0 Å². The van der Waals surface area contributed by atoms with Crippen LogP contribution in [0.5, 0.6) is 0 Å². The third-order valence-electron chi connectivity index (χ3n) is 3.03. The van der Waals surface area contributed by atoms with Crippen molar-refractivity contribution in [2.45, 2.75) is 12.5 Å². The number of carbonyl (C=O) groups excluding carboxylic acids is 1. The van der Waals surface area contributed by atoms with Crippen LogP contribution in [-0.2, 0) is 9.53 Å². The predicted molar refractivity (Wildman–Crippen MR) is 56.4 cm³/mol. The van der Waals surface area contributed by atoms with Gasteiger partial charge in [0.15, 0.2) is 0 Å². The number of nitrogens with zero attached hydrogens (tertiary/aromatic N) is 2. The quantitative estimate of drug-likeness (QED) is 0.645. The van der Waals surface area contributed by atoms with Crippen LogP contribution in [0.4, 0.5) is 0 Å². The van der Waals surface area contributed by atoms with E-state index in [0.717, 1.165) is 45.9 Å². The molecule has 15 heavy (non-hydrogen) atoms. The zero-order chi connectivity index (χ0) is 10.7. The molecule has 0 radical (unpaired) electrons. The average Bonchev–Trinajstić information content (AvgIpc) is 2.56. The first-order chi connectivity index (χ1) is 7.25. The lowest BCUT2D eigenvalue weighted by atomic mass is 10.3. The van der Waals surface area contributed by atoms with Crippen LogP contribution in [0, 0.1) is 0 Å². The van der Waals surface area contributed by atoms with Gasteiger partial charge >= 0.3 is 0 Å². The number of amides is 1. The Hall–Kier alpha value is -0.650. The highest BCUT2D eigenvalue weighted by Crippen LogP contribution is 2.08. The zero-order valence-corrected chi connectivity index (χ0v) is 9.02. The minimum Gasteiger partial charge on any atom is -0.379 e. The maximum Gasteiger partial charge on any atom is 0.224 e. The van der Waals surface area contributed by atoms with Gasteiger partial charge in [-0.2, -0.15) is 0 Å². The molecule has 2 N–H and O–H groups in total. The van der Waals surface area contributed by atoms with Gasteiger partial charge in [-0.1, -0.05) is 0 Å². The summed E-state index contributed by atoms with van der Waals surface area (Å²) in [5, 5.41) is 0. The second kappa shape index (κ2) is 4.92. The molecule has 2 heterocycles. The molecule has 2 aliphatic heterocycles. The fraction of sp³-hybridized carbons (Fsp3) is 0.900. The Morgan fingerprint density at radius 2 is 2.07 bits per heavy atom. The molecule has 1 atom stereocenters. The first-order valence-electron chi connectivity index (χ1n) is 5.59. The summed E-state index contributed by atoms with van der Waals surface area (Å²) in [5.74, 6) is 0.204. The van der Waals surface area contributed by atoms with Crippen molar-refractivity contribution in [3.05, 3.63) is 0 Å². The molecule has 0 aromatic rings. The molecular formula is C10H19N3O2. The molecular weight excluding hydrogens is 194 g/mol. The minimum atomic E-state index is 0.0437. The Kier molecular flexibility index (Phi) is 3.56. The number of ether oxygens (including phenoxy) is 1. The van der Waals surface area contributed by atoms with Gasteiger partial charge in [-0.3, -0.25) is 9.69 Å². The summed E-state index contributed by atoms with van der Waals surface area (Å²) in [6, 6.07) is 0.0437. The number of hydrogen-bond donors (Lipinski definition) is 1. The second-order valence-electron chi connectivity index (χ2n) is 4.26. The van der Waals surface area contributed by atoms with Crippen molar-refractivity contribution in [3.63, 3.8) is 0 Å². The van der Waals surface area contributed by atoms with Crippen LogP contribution in [0.15, 0.2) is 0 Å². The Balaban J connectivity index is 1.70. The highest BCUT2D eigenvalue weighted by Gasteiger charge is 2.26. The summed E-state index contributed by atoms with van der Waals surface area (Å²) in [4.78, 5) is 15.7. The molecule has 1 amide bonds. The van der Waals surface area contributed by atoms with Crippen LogP contribution >= 0.6 is 0 Å². The molecule has 5 nitrogen and oxygen atoms in total. The average molecular weight is 213 g/mol. The molecule has 5 heteroatoms. The van der Waals surface area contributed by atoms with Crippen LogP contribution in [0.1, 0.15) is 6.42 Å². The molecule has 0 saturated carbocycles. The van der Waals surface area contributed by atoms with E-state index in [0.29, 0.717) is 6.42 Å². The van der Waals surface area contributed by atoms with Gasteiger partial charge in [0.2, 0.25) is 5.91 Å². The van der Waals surface area contributed by atoms with Gasteiger partial charge in [-0.05, 0) is 0 Å². The van der Waals surface area contributed by atoms with Gasteiger partial charge in [0, 0.05) is 45.2 Å². The molecule has 2 aliphatic rings. The second-order valence-corrected chi connectivity index (χ2v) is 4.26. The first kappa shape index (κ1) is 10.9. The van der Waals surface area contributed by atoms with Crippen molar-refractivity contribution in [1.82, 2.24) is 9.80 Å². The molecule has 86 valence electrons. The highest BCUT2D eigenvalue weighted by molar-refractivity contribution is 5.79. The normalized spacial score (nSPS) is 28.7. The van der Waals surface area contributed by atoms with Crippen molar-refractivity contribution in [2.24, 2.45) is 5.73 Å². The molecule has 2 fully saturated rings. The van der Waals surface area contributed by atoms with Gasteiger partial charge in [0.25, 0.3) is 0 Å². The lowest BCUT2D eigenvalue weighted by molar-refractivity contribution is -0.128. The van der Waals surface area contributed by atoms with Gasteiger partial charge in [-0.15, -0.1) is 0 Å². The van der Waals surface area contributed by atoms with E-state index in [1.165, 1.54) is 0 Å². The number of morpholine rings is 1. The number of likely N-dealkylation sites (tertiary alicyclic amines) is 1. The fourth-order valence-corrected chi connectivity index (χ4v) is 2.11. The van der Waals surface area contributed by atoms with E-state index in [4.69, 9.17) is 10.5 Å². The third-order valence-corrected chi connectivity index (χ3v) is 3.03. The zero-order valence-electron chi connectivity index (χ0n) is 9.02. The Bertz CT molecular complexity index is 229. The van der Waals surface area contributed by atoms with Crippen LogP contribution in [0.25, 0.3) is 0 Å². The standard InChI is InChI=1S/C10H19N3O2/c11-9-7-10(14)13(8-9)2-1-12-3-5-15-6-4-12/h9H,1-8,11H2. The van der Waals surface area contributed by atoms with Gasteiger partial charge in [0.05, 0.1) is 13.2 Å². The molecule has 0 spiro atoms. The monoisotopic (exact) mass is 213 g/mol.